The molecule has 0 saturated carbocycles. The predicted octanol–water partition coefficient (Wildman–Crippen LogP) is 3.35. The van der Waals surface area contributed by atoms with Gasteiger partial charge in [-0.1, -0.05) is 19.9 Å². The van der Waals surface area contributed by atoms with Crippen molar-refractivity contribution in [1.29, 1.82) is 0 Å². The Morgan fingerprint density at radius 1 is 1.22 bits per heavy atom. The average molecular weight is 367 g/mol. The highest BCUT2D eigenvalue weighted by molar-refractivity contribution is 5.91. The lowest BCUT2D eigenvalue weighted by Crippen LogP contribution is -2.33. The van der Waals surface area contributed by atoms with Crippen molar-refractivity contribution in [3.05, 3.63) is 42.1 Å². The number of aliphatic hydroxyl groups excluding tert-OH is 1. The second-order valence-corrected chi connectivity index (χ2v) is 7.36. The molecule has 6 nitrogen and oxygen atoms in total. The van der Waals surface area contributed by atoms with Crippen LogP contribution in [0.25, 0.3) is 22.2 Å². The average Bonchev–Trinajstić information content (AvgIpc) is 3.07. The van der Waals surface area contributed by atoms with Gasteiger partial charge in [-0.3, -0.25) is 0 Å². The Morgan fingerprint density at radius 2 is 2.04 bits per heavy atom. The standard InChI is InChI=1S/C21H29N5O/c1-13(2)8-16(12-27)25-11-14-4-5-18-15(9-14)10-19(26-18)17-6-7-24-21(22)20(17)23-3/h4-7,9-10,13,16,23,25-27H,8,11-12H2,1-3H3,(H2,22,24). The zero-order valence-corrected chi connectivity index (χ0v) is 16.2. The third-order valence-electron chi connectivity index (χ3n) is 4.78. The number of H-pyrrole nitrogens is 1. The van der Waals surface area contributed by atoms with Gasteiger partial charge in [-0.2, -0.15) is 0 Å². The molecule has 144 valence electrons. The summed E-state index contributed by atoms with van der Waals surface area (Å²) in [6.07, 6.45) is 2.68. The molecular formula is C21H29N5O. The third kappa shape index (κ3) is 4.40. The quantitative estimate of drug-likeness (QED) is 0.420. The number of aliphatic hydroxyl groups is 1. The molecule has 3 rings (SSSR count). The van der Waals surface area contributed by atoms with Crippen LogP contribution in [0.3, 0.4) is 0 Å². The summed E-state index contributed by atoms with van der Waals surface area (Å²) in [6.45, 7) is 5.23. The zero-order valence-electron chi connectivity index (χ0n) is 16.2. The highest BCUT2D eigenvalue weighted by Gasteiger charge is 2.12. The normalized spacial score (nSPS) is 12.6. The number of nitrogens with one attached hydrogen (secondary N) is 3. The molecule has 0 aliphatic carbocycles. The van der Waals surface area contributed by atoms with Crippen LogP contribution in [0.2, 0.25) is 0 Å². The number of aromatic nitrogens is 2. The van der Waals surface area contributed by atoms with E-state index in [4.69, 9.17) is 5.73 Å². The van der Waals surface area contributed by atoms with Gasteiger partial charge in [-0.15, -0.1) is 0 Å². The maximum atomic E-state index is 9.54. The summed E-state index contributed by atoms with van der Waals surface area (Å²) in [5.74, 6) is 1.04. The molecule has 27 heavy (non-hydrogen) atoms. The number of benzene rings is 1. The van der Waals surface area contributed by atoms with Crippen molar-refractivity contribution in [2.45, 2.75) is 32.9 Å². The molecule has 0 amide bonds. The van der Waals surface area contributed by atoms with E-state index in [-0.39, 0.29) is 12.6 Å². The van der Waals surface area contributed by atoms with E-state index in [1.165, 1.54) is 5.56 Å². The van der Waals surface area contributed by atoms with E-state index in [0.717, 1.165) is 40.8 Å². The van der Waals surface area contributed by atoms with E-state index >= 15 is 0 Å². The molecular weight excluding hydrogens is 338 g/mol. The number of nitrogens with two attached hydrogens (primary N) is 1. The number of nitrogens with zero attached hydrogens (tertiary/aromatic N) is 1. The maximum absolute atomic E-state index is 9.54. The summed E-state index contributed by atoms with van der Waals surface area (Å²) in [5.41, 5.74) is 11.1. The largest absolute Gasteiger partial charge is 0.395 e. The number of hydrogen-bond donors (Lipinski definition) is 5. The molecule has 0 aliphatic heterocycles. The Hall–Kier alpha value is -2.57. The minimum atomic E-state index is 0.125. The Kier molecular flexibility index (Phi) is 5.98. The van der Waals surface area contributed by atoms with Crippen LogP contribution in [0.1, 0.15) is 25.8 Å². The van der Waals surface area contributed by atoms with Crippen LogP contribution in [0, 0.1) is 5.92 Å². The Bertz CT molecular complexity index is 903. The molecule has 2 aromatic heterocycles. The molecule has 1 unspecified atom stereocenters. The SMILES string of the molecule is CNc1c(-c2cc3cc(CNC(CO)CC(C)C)ccc3[nH]2)ccnc1N. The maximum Gasteiger partial charge on any atom is 0.147 e. The zero-order chi connectivity index (χ0) is 19.4. The lowest BCUT2D eigenvalue weighted by molar-refractivity contribution is 0.223. The van der Waals surface area contributed by atoms with Crippen LogP contribution < -0.4 is 16.4 Å². The van der Waals surface area contributed by atoms with Crippen molar-refractivity contribution in [1.82, 2.24) is 15.3 Å². The van der Waals surface area contributed by atoms with Crippen molar-refractivity contribution < 1.29 is 5.11 Å². The van der Waals surface area contributed by atoms with Gasteiger partial charge >= 0.3 is 0 Å². The van der Waals surface area contributed by atoms with Gasteiger partial charge in [0.05, 0.1) is 12.3 Å². The second kappa shape index (κ2) is 8.41. The van der Waals surface area contributed by atoms with Crippen LogP contribution in [-0.4, -0.2) is 34.8 Å². The molecule has 0 bridgehead atoms. The van der Waals surface area contributed by atoms with Gasteiger partial charge in [0.15, 0.2) is 0 Å². The van der Waals surface area contributed by atoms with E-state index in [9.17, 15) is 5.11 Å². The van der Waals surface area contributed by atoms with Gasteiger partial charge in [-0.05, 0) is 42.2 Å². The molecule has 0 fully saturated rings. The van der Waals surface area contributed by atoms with Gasteiger partial charge in [0.2, 0.25) is 0 Å². The number of fused-ring (bicyclic) bond motifs is 1. The lowest BCUT2D eigenvalue weighted by atomic mass is 10.0. The van der Waals surface area contributed by atoms with Crippen LogP contribution in [0.5, 0.6) is 0 Å². The van der Waals surface area contributed by atoms with Crippen molar-refractivity contribution in [2.75, 3.05) is 24.7 Å². The molecule has 0 aliphatic rings. The topological polar surface area (TPSA) is 99.0 Å². The van der Waals surface area contributed by atoms with Gasteiger partial charge in [0.1, 0.15) is 5.82 Å². The summed E-state index contributed by atoms with van der Waals surface area (Å²) in [7, 11) is 1.85. The van der Waals surface area contributed by atoms with Crippen molar-refractivity contribution >= 4 is 22.4 Å². The van der Waals surface area contributed by atoms with Gasteiger partial charge < -0.3 is 26.5 Å². The number of nitrogen functional groups attached to an aromatic ring is 1. The Balaban J connectivity index is 1.82. The van der Waals surface area contributed by atoms with Gasteiger partial charge in [0, 0.05) is 48.0 Å². The molecule has 6 N–H and O–H groups in total. The summed E-state index contributed by atoms with van der Waals surface area (Å²) in [6, 6.07) is 10.6. The Labute approximate surface area is 160 Å². The summed E-state index contributed by atoms with van der Waals surface area (Å²) < 4.78 is 0. The summed E-state index contributed by atoms with van der Waals surface area (Å²) in [5, 5.41) is 17.3. The predicted molar refractivity (Wildman–Crippen MR) is 113 cm³/mol. The molecule has 1 atom stereocenters. The van der Waals surface area contributed by atoms with E-state index in [1.54, 1.807) is 6.20 Å². The summed E-state index contributed by atoms with van der Waals surface area (Å²) in [4.78, 5) is 7.61. The first kappa shape index (κ1) is 19.2. The van der Waals surface area contributed by atoms with Crippen LogP contribution in [-0.2, 0) is 6.54 Å². The summed E-state index contributed by atoms with van der Waals surface area (Å²) >= 11 is 0. The fourth-order valence-electron chi connectivity index (χ4n) is 3.46. The van der Waals surface area contributed by atoms with E-state index in [0.29, 0.717) is 11.7 Å². The van der Waals surface area contributed by atoms with Crippen LogP contribution in [0.4, 0.5) is 11.5 Å². The van der Waals surface area contributed by atoms with Crippen LogP contribution >= 0.6 is 0 Å². The number of pyridine rings is 1. The number of rotatable bonds is 8. The number of anilines is 2. The van der Waals surface area contributed by atoms with Gasteiger partial charge in [0.25, 0.3) is 0 Å². The number of aromatic amines is 1. The molecule has 3 aromatic rings. The third-order valence-corrected chi connectivity index (χ3v) is 4.78. The minimum absolute atomic E-state index is 0.125. The first-order chi connectivity index (χ1) is 13.0. The van der Waals surface area contributed by atoms with E-state index < -0.39 is 0 Å². The van der Waals surface area contributed by atoms with E-state index in [1.807, 2.05) is 13.1 Å². The van der Waals surface area contributed by atoms with Crippen molar-refractivity contribution in [3.8, 4) is 11.3 Å². The fraction of sp³-hybridized carbons (Fsp3) is 0.381. The van der Waals surface area contributed by atoms with Crippen molar-refractivity contribution in [3.63, 3.8) is 0 Å². The highest BCUT2D eigenvalue weighted by Crippen LogP contribution is 2.32. The molecule has 1 aromatic carbocycles. The minimum Gasteiger partial charge on any atom is -0.395 e. The molecule has 0 radical (unpaired) electrons. The molecule has 6 heteroatoms. The number of hydrogen-bond acceptors (Lipinski definition) is 5. The first-order valence-corrected chi connectivity index (χ1v) is 9.40. The first-order valence-electron chi connectivity index (χ1n) is 9.40. The molecule has 2 heterocycles. The van der Waals surface area contributed by atoms with Gasteiger partial charge in [-0.25, -0.2) is 4.98 Å². The fourth-order valence-corrected chi connectivity index (χ4v) is 3.46. The van der Waals surface area contributed by atoms with E-state index in [2.05, 4.69) is 58.7 Å². The molecule has 0 saturated heterocycles. The lowest BCUT2D eigenvalue weighted by Gasteiger charge is -2.18. The molecule has 0 spiro atoms. The smallest absolute Gasteiger partial charge is 0.147 e. The second-order valence-electron chi connectivity index (χ2n) is 7.36. The monoisotopic (exact) mass is 367 g/mol. The van der Waals surface area contributed by atoms with Crippen LogP contribution in [0.15, 0.2) is 36.5 Å². The Morgan fingerprint density at radius 3 is 2.74 bits per heavy atom. The van der Waals surface area contributed by atoms with Crippen molar-refractivity contribution in [2.24, 2.45) is 5.92 Å². The highest BCUT2D eigenvalue weighted by atomic mass is 16.3.